The molecule has 0 bridgehead atoms. The van der Waals surface area contributed by atoms with Crippen molar-refractivity contribution in [1.82, 2.24) is 14.5 Å². The normalized spacial score (nSPS) is 11.5. The number of halogens is 4. The van der Waals surface area contributed by atoms with E-state index in [1.54, 1.807) is 18.2 Å². The first-order valence-electron chi connectivity index (χ1n) is 9.79. The highest BCUT2D eigenvalue weighted by Crippen LogP contribution is 2.24. The number of rotatable bonds is 7. The van der Waals surface area contributed by atoms with Gasteiger partial charge in [0.1, 0.15) is 28.8 Å². The summed E-state index contributed by atoms with van der Waals surface area (Å²) >= 11 is 6.13. The summed E-state index contributed by atoms with van der Waals surface area (Å²) in [6.07, 6.45) is 0.824. The molecular weight excluding hydrogens is 415 g/mol. The summed E-state index contributed by atoms with van der Waals surface area (Å²) in [4.78, 5) is 19.0. The lowest BCUT2D eigenvalue weighted by Gasteiger charge is -2.25. The number of nitrogens with zero attached hydrogens (tertiary/aromatic N) is 3. The second-order valence-corrected chi connectivity index (χ2v) is 8.07. The van der Waals surface area contributed by atoms with Crippen LogP contribution in [0.2, 0.25) is 5.02 Å². The van der Waals surface area contributed by atoms with Crippen molar-refractivity contribution in [3.05, 3.63) is 64.2 Å². The summed E-state index contributed by atoms with van der Waals surface area (Å²) in [5.41, 5.74) is 0.785. The number of aryl methyl sites for hydroxylation is 1. The number of hydrogen-bond acceptors (Lipinski definition) is 2. The first-order valence-corrected chi connectivity index (χ1v) is 10.2. The van der Waals surface area contributed by atoms with Crippen LogP contribution in [0.15, 0.2) is 30.3 Å². The highest BCUT2D eigenvalue weighted by Gasteiger charge is 2.26. The number of imidazole rings is 1. The number of aromatic nitrogens is 2. The van der Waals surface area contributed by atoms with Crippen molar-refractivity contribution in [2.45, 2.75) is 40.3 Å². The van der Waals surface area contributed by atoms with Crippen LogP contribution >= 0.6 is 11.6 Å². The fraction of sp³-hybridized carbons (Fsp3) is 0.364. The van der Waals surface area contributed by atoms with E-state index in [9.17, 15) is 18.0 Å². The maximum Gasteiger partial charge on any atom is 0.260 e. The van der Waals surface area contributed by atoms with E-state index in [0.29, 0.717) is 29.5 Å². The van der Waals surface area contributed by atoms with Crippen molar-refractivity contribution in [3.8, 4) is 0 Å². The molecule has 1 amide bonds. The third-order valence-corrected chi connectivity index (χ3v) is 4.90. The molecule has 0 fully saturated rings. The molecule has 0 saturated carbocycles. The smallest absolute Gasteiger partial charge is 0.260 e. The van der Waals surface area contributed by atoms with Gasteiger partial charge in [0.05, 0.1) is 17.6 Å². The second-order valence-electron chi connectivity index (χ2n) is 7.64. The number of hydrogen-bond donors (Lipinski definition) is 0. The molecule has 30 heavy (non-hydrogen) atoms. The van der Waals surface area contributed by atoms with Crippen LogP contribution in [0.4, 0.5) is 13.2 Å². The average Bonchev–Trinajstić information content (AvgIpc) is 2.97. The highest BCUT2D eigenvalue weighted by atomic mass is 35.5. The van der Waals surface area contributed by atoms with E-state index >= 15 is 0 Å². The van der Waals surface area contributed by atoms with Crippen molar-refractivity contribution in [2.24, 2.45) is 5.92 Å². The van der Waals surface area contributed by atoms with Crippen LogP contribution in [0.1, 0.15) is 43.4 Å². The van der Waals surface area contributed by atoms with Gasteiger partial charge in [-0.15, -0.1) is 0 Å². The minimum absolute atomic E-state index is 0.0407. The quantitative estimate of drug-likeness (QED) is 0.467. The molecule has 2 aromatic carbocycles. The molecular formula is C22H23ClF3N3O. The van der Waals surface area contributed by atoms with Crippen molar-refractivity contribution >= 4 is 28.5 Å². The Morgan fingerprint density at radius 1 is 1.17 bits per heavy atom. The van der Waals surface area contributed by atoms with Crippen LogP contribution in [0.25, 0.3) is 11.0 Å². The molecule has 3 aromatic rings. The van der Waals surface area contributed by atoms with E-state index in [2.05, 4.69) is 4.98 Å². The molecule has 0 atom stereocenters. The minimum atomic E-state index is -1.22. The van der Waals surface area contributed by atoms with Crippen LogP contribution < -0.4 is 0 Å². The fourth-order valence-corrected chi connectivity index (χ4v) is 3.64. The third kappa shape index (κ3) is 4.61. The molecule has 4 nitrogen and oxygen atoms in total. The van der Waals surface area contributed by atoms with Crippen molar-refractivity contribution in [3.63, 3.8) is 0 Å². The predicted octanol–water partition coefficient (Wildman–Crippen LogP) is 5.82. The summed E-state index contributed by atoms with van der Waals surface area (Å²) in [7, 11) is 0. The van der Waals surface area contributed by atoms with Crippen molar-refractivity contribution in [2.75, 3.05) is 6.54 Å². The first kappa shape index (κ1) is 22.2. The highest BCUT2D eigenvalue weighted by molar-refractivity contribution is 6.31. The van der Waals surface area contributed by atoms with Gasteiger partial charge in [0.25, 0.3) is 5.91 Å². The summed E-state index contributed by atoms with van der Waals surface area (Å²) in [6.45, 7) is 6.76. The number of benzene rings is 2. The van der Waals surface area contributed by atoms with Gasteiger partial charge in [-0.25, -0.2) is 18.2 Å². The lowest BCUT2D eigenvalue weighted by molar-refractivity contribution is 0.0706. The van der Waals surface area contributed by atoms with E-state index in [1.807, 2.05) is 25.3 Å². The summed E-state index contributed by atoms with van der Waals surface area (Å²) in [5, 5.41) is 0.567. The van der Waals surface area contributed by atoms with Crippen LogP contribution in [0.5, 0.6) is 0 Å². The standard InChI is InChI=1S/C22H23ClF3N3O/c1-4-7-29-19-8-14(23)5-6-18(19)27-20(29)12-28(11-13(2)3)22(30)21-16(25)9-15(24)10-17(21)26/h5-6,8-10,13H,4,7,11-12H2,1-3H3. The number of carbonyl (C=O) groups is 1. The van der Waals surface area contributed by atoms with Crippen LogP contribution in [-0.2, 0) is 13.1 Å². The van der Waals surface area contributed by atoms with Gasteiger partial charge in [0.2, 0.25) is 0 Å². The largest absolute Gasteiger partial charge is 0.331 e. The minimum Gasteiger partial charge on any atom is -0.331 e. The molecule has 1 aromatic heterocycles. The first-order chi connectivity index (χ1) is 14.2. The zero-order valence-electron chi connectivity index (χ0n) is 17.1. The molecule has 0 aliphatic carbocycles. The molecule has 0 spiro atoms. The second kappa shape index (κ2) is 9.08. The van der Waals surface area contributed by atoms with E-state index in [1.165, 1.54) is 4.90 Å². The molecule has 0 saturated heterocycles. The SMILES string of the molecule is CCCn1c(CN(CC(C)C)C(=O)c2c(F)cc(F)cc2F)nc2ccc(Cl)cc21. The molecule has 0 aliphatic rings. The van der Waals surface area contributed by atoms with Gasteiger partial charge in [-0.05, 0) is 30.5 Å². The zero-order chi connectivity index (χ0) is 22.0. The molecule has 0 aliphatic heterocycles. The lowest BCUT2D eigenvalue weighted by Crippen LogP contribution is -2.36. The molecule has 0 unspecified atom stereocenters. The van der Waals surface area contributed by atoms with E-state index in [4.69, 9.17) is 11.6 Å². The Morgan fingerprint density at radius 3 is 2.43 bits per heavy atom. The van der Waals surface area contributed by atoms with Gasteiger partial charge in [0.15, 0.2) is 0 Å². The summed E-state index contributed by atoms with van der Waals surface area (Å²) in [6, 6.07) is 6.35. The Morgan fingerprint density at radius 2 is 1.83 bits per heavy atom. The van der Waals surface area contributed by atoms with Gasteiger partial charge >= 0.3 is 0 Å². The van der Waals surface area contributed by atoms with Gasteiger partial charge in [0, 0.05) is 30.2 Å². The predicted molar refractivity (Wildman–Crippen MR) is 111 cm³/mol. The topological polar surface area (TPSA) is 38.1 Å². The number of fused-ring (bicyclic) bond motifs is 1. The van der Waals surface area contributed by atoms with Crippen LogP contribution in [0, 0.1) is 23.4 Å². The maximum absolute atomic E-state index is 14.2. The van der Waals surface area contributed by atoms with Gasteiger partial charge in [-0.1, -0.05) is 32.4 Å². The summed E-state index contributed by atoms with van der Waals surface area (Å²) < 4.78 is 43.7. The molecule has 160 valence electrons. The third-order valence-electron chi connectivity index (χ3n) is 4.66. The average molecular weight is 438 g/mol. The Labute approximate surface area is 178 Å². The van der Waals surface area contributed by atoms with Crippen LogP contribution in [0.3, 0.4) is 0 Å². The van der Waals surface area contributed by atoms with Crippen molar-refractivity contribution < 1.29 is 18.0 Å². The van der Waals surface area contributed by atoms with Gasteiger partial charge in [-0.3, -0.25) is 4.79 Å². The molecule has 3 rings (SSSR count). The van der Waals surface area contributed by atoms with Gasteiger partial charge < -0.3 is 9.47 Å². The molecule has 0 radical (unpaired) electrons. The Bertz CT molecular complexity index is 1060. The molecule has 0 N–H and O–H groups in total. The maximum atomic E-state index is 14.2. The van der Waals surface area contributed by atoms with E-state index in [-0.39, 0.29) is 19.0 Å². The van der Waals surface area contributed by atoms with E-state index < -0.39 is 28.9 Å². The molecule has 8 heteroatoms. The Hall–Kier alpha value is -2.54. The number of amides is 1. The van der Waals surface area contributed by atoms with Crippen LogP contribution in [-0.4, -0.2) is 26.9 Å². The zero-order valence-corrected chi connectivity index (χ0v) is 17.8. The Balaban J connectivity index is 2.04. The summed E-state index contributed by atoms with van der Waals surface area (Å²) in [5.74, 6) is -3.73. The van der Waals surface area contributed by atoms with Gasteiger partial charge in [-0.2, -0.15) is 0 Å². The Kier molecular flexibility index (Phi) is 6.71. The van der Waals surface area contributed by atoms with E-state index in [0.717, 1.165) is 17.5 Å². The van der Waals surface area contributed by atoms with Crippen molar-refractivity contribution in [1.29, 1.82) is 0 Å². The monoisotopic (exact) mass is 437 g/mol. The lowest BCUT2D eigenvalue weighted by atomic mass is 10.1. The molecule has 1 heterocycles. The fourth-order valence-electron chi connectivity index (χ4n) is 3.47. The number of carbonyl (C=O) groups excluding carboxylic acids is 1.